The molecule has 0 saturated carbocycles. The van der Waals surface area contributed by atoms with Crippen LogP contribution in [0.1, 0.15) is 25.0 Å². The molecule has 9 heteroatoms. The molecule has 0 spiro atoms. The zero-order valence-electron chi connectivity index (χ0n) is 20.5. The van der Waals surface area contributed by atoms with Gasteiger partial charge in [0.1, 0.15) is 6.61 Å². The fourth-order valence-corrected chi connectivity index (χ4v) is 5.57. The van der Waals surface area contributed by atoms with Crippen LogP contribution in [-0.2, 0) is 11.4 Å². The summed E-state index contributed by atoms with van der Waals surface area (Å²) in [7, 11) is 1.60. The van der Waals surface area contributed by atoms with Crippen LogP contribution in [-0.4, -0.2) is 29.6 Å². The summed E-state index contributed by atoms with van der Waals surface area (Å²) in [5.41, 5.74) is 2.59. The molecule has 192 valence electrons. The normalized spacial score (nSPS) is 15.8. The Morgan fingerprint density at radius 2 is 1.78 bits per heavy atom. The molecule has 0 radical (unpaired) electrons. The number of benzene rings is 3. The average Bonchev–Trinajstić information content (AvgIpc) is 3.13. The van der Waals surface area contributed by atoms with E-state index in [0.717, 1.165) is 25.8 Å². The second-order valence-corrected chi connectivity index (χ2v) is 12.0. The average molecular weight is 665 g/mol. The fourth-order valence-electron chi connectivity index (χ4n) is 3.59. The molecule has 3 aromatic carbocycles. The lowest BCUT2D eigenvalue weighted by molar-refractivity contribution is -0.122. The predicted octanol–water partition coefficient (Wildman–Crippen LogP) is 8.71. The maximum atomic E-state index is 13.4. The Labute approximate surface area is 243 Å². The van der Waals surface area contributed by atoms with Gasteiger partial charge in [-0.25, -0.2) is 4.99 Å². The maximum Gasteiger partial charge on any atom is 0.266 e. The highest BCUT2D eigenvalue weighted by molar-refractivity contribution is 9.10. The van der Waals surface area contributed by atoms with Crippen molar-refractivity contribution in [2.45, 2.75) is 20.5 Å². The van der Waals surface area contributed by atoms with Gasteiger partial charge in [0.25, 0.3) is 5.91 Å². The number of methoxy groups -OCH3 is 1. The number of ether oxygens (including phenoxy) is 2. The molecule has 1 amide bonds. The standard InChI is InChI=1S/C28H25Br2ClN2O3S/c1-17(2)15-33-27(34)25(37-28(33)32-22-10-8-21(31)9-11-22)14-19-12-23(30)26(24(13-19)35-3)36-16-18-4-6-20(29)7-5-18/h4-14,17H,15-16H2,1-3H3/b25-14-,32-28?. The molecule has 1 aliphatic heterocycles. The van der Waals surface area contributed by atoms with E-state index >= 15 is 0 Å². The Hall–Kier alpha value is -2.26. The molecule has 0 N–H and O–H groups in total. The number of amidine groups is 1. The number of hydrogen-bond donors (Lipinski definition) is 0. The van der Waals surface area contributed by atoms with Gasteiger partial charge in [0.2, 0.25) is 0 Å². The summed E-state index contributed by atoms with van der Waals surface area (Å²) in [6.45, 7) is 5.13. The smallest absolute Gasteiger partial charge is 0.266 e. The van der Waals surface area contributed by atoms with Gasteiger partial charge in [-0.05, 0) is 99.3 Å². The van der Waals surface area contributed by atoms with E-state index in [2.05, 4.69) is 45.7 Å². The second-order valence-electron chi connectivity index (χ2n) is 8.74. The van der Waals surface area contributed by atoms with Crippen LogP contribution in [0.3, 0.4) is 0 Å². The first kappa shape index (κ1) is 27.8. The Morgan fingerprint density at radius 1 is 1.08 bits per heavy atom. The number of nitrogens with zero attached hydrogens (tertiary/aromatic N) is 2. The Morgan fingerprint density at radius 3 is 2.43 bits per heavy atom. The lowest BCUT2D eigenvalue weighted by atomic mass is 10.1. The second kappa shape index (κ2) is 12.5. The molecule has 1 fully saturated rings. The minimum atomic E-state index is -0.0722. The lowest BCUT2D eigenvalue weighted by Crippen LogP contribution is -2.32. The van der Waals surface area contributed by atoms with E-state index in [0.29, 0.717) is 39.7 Å². The number of rotatable bonds is 8. The third kappa shape index (κ3) is 7.19. The number of hydrogen-bond acceptors (Lipinski definition) is 5. The van der Waals surface area contributed by atoms with E-state index in [4.69, 9.17) is 26.1 Å². The molecule has 1 aliphatic rings. The third-order valence-electron chi connectivity index (χ3n) is 5.33. The van der Waals surface area contributed by atoms with Crippen LogP contribution in [0.15, 0.2) is 79.5 Å². The summed E-state index contributed by atoms with van der Waals surface area (Å²) in [5.74, 6) is 1.39. The van der Waals surface area contributed by atoms with E-state index in [1.165, 1.54) is 11.8 Å². The molecular weight excluding hydrogens is 640 g/mol. The maximum absolute atomic E-state index is 13.4. The highest BCUT2D eigenvalue weighted by Crippen LogP contribution is 2.40. The van der Waals surface area contributed by atoms with Gasteiger partial charge in [-0.15, -0.1) is 0 Å². The predicted molar refractivity (Wildman–Crippen MR) is 160 cm³/mol. The van der Waals surface area contributed by atoms with Crippen molar-refractivity contribution < 1.29 is 14.3 Å². The first-order valence-electron chi connectivity index (χ1n) is 11.5. The van der Waals surface area contributed by atoms with Crippen molar-refractivity contribution in [3.8, 4) is 11.5 Å². The number of thioether (sulfide) groups is 1. The van der Waals surface area contributed by atoms with Crippen LogP contribution in [0.2, 0.25) is 5.02 Å². The van der Waals surface area contributed by atoms with Gasteiger partial charge >= 0.3 is 0 Å². The molecule has 3 aromatic rings. The van der Waals surface area contributed by atoms with Crippen LogP contribution in [0.5, 0.6) is 11.5 Å². The summed E-state index contributed by atoms with van der Waals surface area (Å²) in [6.07, 6.45) is 1.86. The van der Waals surface area contributed by atoms with E-state index in [-0.39, 0.29) is 11.8 Å². The Kier molecular flexibility index (Phi) is 9.40. The highest BCUT2D eigenvalue weighted by Gasteiger charge is 2.33. The van der Waals surface area contributed by atoms with E-state index in [9.17, 15) is 4.79 Å². The van der Waals surface area contributed by atoms with E-state index < -0.39 is 0 Å². The molecular formula is C28H25Br2ClN2O3S. The van der Waals surface area contributed by atoms with E-state index in [1.54, 1.807) is 24.1 Å². The molecule has 0 atom stereocenters. The quantitative estimate of drug-likeness (QED) is 0.226. The van der Waals surface area contributed by atoms with Crippen LogP contribution in [0, 0.1) is 5.92 Å². The monoisotopic (exact) mass is 662 g/mol. The largest absolute Gasteiger partial charge is 0.493 e. The fraction of sp³-hybridized carbons (Fsp3) is 0.214. The van der Waals surface area contributed by atoms with E-state index in [1.807, 2.05) is 54.6 Å². The topological polar surface area (TPSA) is 51.1 Å². The summed E-state index contributed by atoms with van der Waals surface area (Å²) in [4.78, 5) is 20.4. The third-order valence-corrected chi connectivity index (χ3v) is 7.71. The summed E-state index contributed by atoms with van der Waals surface area (Å²) >= 11 is 14.4. The van der Waals surface area contributed by atoms with Gasteiger partial charge in [0.15, 0.2) is 16.7 Å². The summed E-state index contributed by atoms with van der Waals surface area (Å²) in [6, 6.07) is 19.0. The zero-order valence-corrected chi connectivity index (χ0v) is 25.2. The number of carbonyl (C=O) groups excluding carboxylic acids is 1. The minimum absolute atomic E-state index is 0.0722. The Balaban J connectivity index is 1.60. The first-order valence-corrected chi connectivity index (χ1v) is 14.3. The minimum Gasteiger partial charge on any atom is -0.493 e. The first-order chi connectivity index (χ1) is 17.7. The van der Waals surface area contributed by atoms with Crippen LogP contribution < -0.4 is 9.47 Å². The van der Waals surface area contributed by atoms with Gasteiger partial charge in [-0.1, -0.05) is 53.5 Å². The van der Waals surface area contributed by atoms with Gasteiger partial charge in [-0.3, -0.25) is 9.69 Å². The number of amides is 1. The van der Waals surface area contributed by atoms with Crippen molar-refractivity contribution in [1.29, 1.82) is 0 Å². The molecule has 0 unspecified atom stereocenters. The van der Waals surface area contributed by atoms with Gasteiger partial charge in [0.05, 0.1) is 22.2 Å². The molecule has 37 heavy (non-hydrogen) atoms. The van der Waals surface area contributed by atoms with Crippen LogP contribution in [0.25, 0.3) is 6.08 Å². The molecule has 4 rings (SSSR count). The summed E-state index contributed by atoms with van der Waals surface area (Å²) < 4.78 is 13.4. The highest BCUT2D eigenvalue weighted by atomic mass is 79.9. The van der Waals surface area contributed by atoms with Gasteiger partial charge in [0, 0.05) is 16.0 Å². The number of halogens is 3. The molecule has 5 nitrogen and oxygen atoms in total. The van der Waals surface area contributed by atoms with Crippen molar-refractivity contribution in [2.75, 3.05) is 13.7 Å². The van der Waals surface area contributed by atoms with Crippen molar-refractivity contribution >= 4 is 78.1 Å². The van der Waals surface area contributed by atoms with Crippen molar-refractivity contribution in [2.24, 2.45) is 10.9 Å². The summed E-state index contributed by atoms with van der Waals surface area (Å²) in [5, 5.41) is 1.29. The van der Waals surface area contributed by atoms with Crippen molar-refractivity contribution in [1.82, 2.24) is 4.90 Å². The van der Waals surface area contributed by atoms with Gasteiger partial charge in [-0.2, -0.15) is 0 Å². The SMILES string of the molecule is COc1cc(/C=C2\SC(=Nc3ccc(Cl)cc3)N(CC(C)C)C2=O)cc(Br)c1OCc1ccc(Br)cc1. The van der Waals surface area contributed by atoms with Crippen molar-refractivity contribution in [3.63, 3.8) is 0 Å². The van der Waals surface area contributed by atoms with Crippen molar-refractivity contribution in [3.05, 3.63) is 90.7 Å². The number of carbonyl (C=O) groups is 1. The zero-order chi connectivity index (χ0) is 26.5. The molecule has 1 heterocycles. The molecule has 1 saturated heterocycles. The van der Waals surface area contributed by atoms with Crippen LogP contribution in [0.4, 0.5) is 5.69 Å². The van der Waals surface area contributed by atoms with Crippen LogP contribution >= 0.6 is 55.2 Å². The molecule has 0 aliphatic carbocycles. The molecule has 0 bridgehead atoms. The number of aliphatic imine (C=N–C) groups is 1. The molecule has 0 aromatic heterocycles. The van der Waals surface area contributed by atoms with Gasteiger partial charge < -0.3 is 9.47 Å². The Bertz CT molecular complexity index is 1340. The lowest BCUT2D eigenvalue weighted by Gasteiger charge is -2.17.